The van der Waals surface area contributed by atoms with E-state index >= 15 is 0 Å². The number of alkyl halides is 3. The first kappa shape index (κ1) is 34.9. The number of nitrogens with zero attached hydrogens (tertiary/aromatic N) is 4. The number of carboxylic acid groups (broad SMARTS) is 1. The van der Waals surface area contributed by atoms with E-state index < -0.39 is 36.2 Å². The lowest BCUT2D eigenvalue weighted by atomic mass is 9.93. The van der Waals surface area contributed by atoms with Gasteiger partial charge in [0.1, 0.15) is 12.1 Å². The summed E-state index contributed by atoms with van der Waals surface area (Å²) in [4.78, 5) is 53.8. The normalized spacial score (nSPS) is 21.7. The van der Waals surface area contributed by atoms with Crippen LogP contribution < -0.4 is 16.4 Å². The summed E-state index contributed by atoms with van der Waals surface area (Å²) in [5.74, 6) is -4.11. The average molecular weight is 632 g/mol. The highest BCUT2D eigenvalue weighted by Gasteiger charge is 2.47. The Labute approximate surface area is 257 Å². The number of hydrogen-bond donors (Lipinski definition) is 4. The Balaban J connectivity index is 0.000000707. The number of nitrogens with one attached hydrogen (secondary N) is 2. The van der Waals surface area contributed by atoms with Gasteiger partial charge in [0, 0.05) is 17.5 Å². The standard InChI is InChI=1S/C28H35N7O3.C2HF3O2/c1-2-22(29)26(36)33-25-20(17-31-34-30)13-14-21-15-16-23(35(21)28(25)38)27(37)32-24(18-9-5-3-6-10-18)19-11-7-4-8-12-19;3-2(4,5)1(6)7/h3-12,20-25H,2,13-17,29H2,1H3,(H,32,37)(H,33,36);(H,6,7)/t20-,21+,22+,23+,25+;/m1./s1. The number of azide groups is 1. The predicted octanol–water partition coefficient (Wildman–Crippen LogP) is 3.83. The molecule has 2 aliphatic heterocycles. The summed E-state index contributed by atoms with van der Waals surface area (Å²) in [6, 6.07) is 16.6. The second-order valence-corrected chi connectivity index (χ2v) is 10.8. The number of carbonyl (C=O) groups excluding carboxylic acids is 3. The van der Waals surface area contributed by atoms with Gasteiger partial charge in [-0.15, -0.1) is 0 Å². The van der Waals surface area contributed by atoms with Crippen LogP contribution >= 0.6 is 0 Å². The monoisotopic (exact) mass is 631 g/mol. The van der Waals surface area contributed by atoms with Crippen LogP contribution in [0.1, 0.15) is 56.2 Å². The van der Waals surface area contributed by atoms with Crippen LogP contribution in [0.2, 0.25) is 0 Å². The van der Waals surface area contributed by atoms with Crippen molar-refractivity contribution < 1.29 is 37.5 Å². The fraction of sp³-hybridized carbons (Fsp3) is 0.467. The van der Waals surface area contributed by atoms with Crippen LogP contribution in [0.4, 0.5) is 13.2 Å². The van der Waals surface area contributed by atoms with E-state index in [-0.39, 0.29) is 36.4 Å². The van der Waals surface area contributed by atoms with E-state index in [4.69, 9.17) is 21.2 Å². The lowest BCUT2D eigenvalue weighted by molar-refractivity contribution is -0.192. The molecule has 45 heavy (non-hydrogen) atoms. The van der Waals surface area contributed by atoms with E-state index in [1.807, 2.05) is 60.7 Å². The number of hydrogen-bond acceptors (Lipinski definition) is 6. The Kier molecular flexibility index (Phi) is 12.3. The zero-order valence-corrected chi connectivity index (χ0v) is 24.6. The minimum Gasteiger partial charge on any atom is -0.475 e. The molecule has 15 heteroatoms. The van der Waals surface area contributed by atoms with Gasteiger partial charge >= 0.3 is 12.1 Å². The van der Waals surface area contributed by atoms with E-state index in [0.29, 0.717) is 32.1 Å². The molecule has 242 valence electrons. The zero-order valence-electron chi connectivity index (χ0n) is 24.6. The molecule has 12 nitrogen and oxygen atoms in total. The van der Waals surface area contributed by atoms with Gasteiger partial charge in [-0.25, -0.2) is 4.79 Å². The minimum absolute atomic E-state index is 0.0794. The fourth-order valence-electron chi connectivity index (χ4n) is 5.54. The molecule has 0 bridgehead atoms. The van der Waals surface area contributed by atoms with E-state index in [1.165, 1.54) is 0 Å². The number of carboxylic acids is 1. The summed E-state index contributed by atoms with van der Waals surface area (Å²) in [5.41, 5.74) is 16.7. The third-order valence-electron chi connectivity index (χ3n) is 7.92. The van der Waals surface area contributed by atoms with Crippen LogP contribution in [0.5, 0.6) is 0 Å². The van der Waals surface area contributed by atoms with Gasteiger partial charge in [0.15, 0.2) is 0 Å². The number of rotatable bonds is 9. The molecule has 0 unspecified atom stereocenters. The molecule has 2 aromatic carbocycles. The topological polar surface area (TPSA) is 191 Å². The highest BCUT2D eigenvalue weighted by Crippen LogP contribution is 2.35. The molecule has 0 spiro atoms. The summed E-state index contributed by atoms with van der Waals surface area (Å²) in [7, 11) is 0. The van der Waals surface area contributed by atoms with Crippen molar-refractivity contribution in [2.75, 3.05) is 6.54 Å². The molecule has 3 amide bonds. The van der Waals surface area contributed by atoms with Gasteiger partial charge in [0.25, 0.3) is 0 Å². The molecule has 2 aliphatic rings. The van der Waals surface area contributed by atoms with Crippen LogP contribution in [0.3, 0.4) is 0 Å². The van der Waals surface area contributed by atoms with Gasteiger partial charge < -0.3 is 26.4 Å². The first-order chi connectivity index (χ1) is 21.4. The molecule has 5 atom stereocenters. The number of benzene rings is 2. The largest absolute Gasteiger partial charge is 0.490 e. The molecule has 2 heterocycles. The van der Waals surface area contributed by atoms with E-state index in [9.17, 15) is 27.6 Å². The lowest BCUT2D eigenvalue weighted by Gasteiger charge is -2.33. The minimum atomic E-state index is -5.08. The number of nitrogens with two attached hydrogens (primary N) is 1. The number of halogens is 3. The molecule has 0 radical (unpaired) electrons. The highest BCUT2D eigenvalue weighted by atomic mass is 19.4. The molecule has 2 aromatic rings. The van der Waals surface area contributed by atoms with E-state index in [1.54, 1.807) is 11.8 Å². The van der Waals surface area contributed by atoms with Crippen LogP contribution in [-0.4, -0.2) is 70.6 Å². The van der Waals surface area contributed by atoms with Crippen molar-refractivity contribution in [3.8, 4) is 0 Å². The van der Waals surface area contributed by atoms with Crippen molar-refractivity contribution in [2.45, 2.75) is 75.4 Å². The van der Waals surface area contributed by atoms with Crippen molar-refractivity contribution in [3.05, 3.63) is 82.2 Å². The SMILES string of the molecule is CC[C@H](N)C(=O)N[C@@H]1C(=O)N2[C@@H](CC[C@@H]1CN=[N+]=[N-])CC[C@H]2C(=O)NC(c1ccccc1)c1ccccc1.O=C(O)C(F)(F)F. The van der Waals surface area contributed by atoms with Crippen LogP contribution in [0.25, 0.3) is 10.4 Å². The van der Waals surface area contributed by atoms with Crippen LogP contribution in [0, 0.1) is 5.92 Å². The second kappa shape index (κ2) is 15.9. The van der Waals surface area contributed by atoms with Gasteiger partial charge in [-0.1, -0.05) is 72.7 Å². The summed E-state index contributed by atoms with van der Waals surface area (Å²) in [5, 5.41) is 16.8. The number of aliphatic carboxylic acids is 1. The second-order valence-electron chi connectivity index (χ2n) is 10.8. The van der Waals surface area contributed by atoms with Crippen LogP contribution in [-0.2, 0) is 19.2 Å². The molecular formula is C30H36F3N7O5. The quantitative estimate of drug-likeness (QED) is 0.185. The maximum Gasteiger partial charge on any atom is 0.490 e. The summed E-state index contributed by atoms with van der Waals surface area (Å²) >= 11 is 0. The first-order valence-electron chi connectivity index (χ1n) is 14.5. The summed E-state index contributed by atoms with van der Waals surface area (Å²) in [6.45, 7) is 1.87. The highest BCUT2D eigenvalue weighted by molar-refractivity contribution is 5.94. The Morgan fingerprint density at radius 3 is 2.07 bits per heavy atom. The Morgan fingerprint density at radius 2 is 1.58 bits per heavy atom. The molecule has 2 fully saturated rings. The van der Waals surface area contributed by atoms with Crippen molar-refractivity contribution in [1.29, 1.82) is 0 Å². The zero-order chi connectivity index (χ0) is 33.1. The molecule has 0 saturated carbocycles. The van der Waals surface area contributed by atoms with Gasteiger partial charge in [0.2, 0.25) is 17.7 Å². The lowest BCUT2D eigenvalue weighted by Crippen LogP contribution is -2.58. The van der Waals surface area contributed by atoms with Gasteiger partial charge in [-0.2, -0.15) is 13.2 Å². The number of carbonyl (C=O) groups is 4. The molecule has 0 aromatic heterocycles. The summed E-state index contributed by atoms with van der Waals surface area (Å²) in [6.07, 6.45) is -2.19. The van der Waals surface area contributed by atoms with Crippen molar-refractivity contribution in [2.24, 2.45) is 16.8 Å². The third kappa shape index (κ3) is 9.19. The Bertz CT molecular complexity index is 1330. The molecule has 2 saturated heterocycles. The van der Waals surface area contributed by atoms with Gasteiger partial charge in [-0.3, -0.25) is 14.4 Å². The maximum atomic E-state index is 13.9. The number of fused-ring (bicyclic) bond motifs is 1. The third-order valence-corrected chi connectivity index (χ3v) is 7.92. The fourth-order valence-corrected chi connectivity index (χ4v) is 5.54. The van der Waals surface area contributed by atoms with Gasteiger partial charge in [-0.05, 0) is 54.7 Å². The van der Waals surface area contributed by atoms with Crippen molar-refractivity contribution in [1.82, 2.24) is 15.5 Å². The molecule has 4 rings (SSSR count). The Morgan fingerprint density at radius 1 is 1.04 bits per heavy atom. The summed E-state index contributed by atoms with van der Waals surface area (Å²) < 4.78 is 31.7. The Hall–Kier alpha value is -4.62. The van der Waals surface area contributed by atoms with Crippen molar-refractivity contribution in [3.63, 3.8) is 0 Å². The van der Waals surface area contributed by atoms with Crippen molar-refractivity contribution >= 4 is 23.7 Å². The average Bonchev–Trinajstić information content (AvgIpc) is 3.41. The smallest absolute Gasteiger partial charge is 0.475 e. The van der Waals surface area contributed by atoms with Gasteiger partial charge in [0.05, 0.1) is 12.1 Å². The molecular weight excluding hydrogens is 595 g/mol. The first-order valence-corrected chi connectivity index (χ1v) is 14.5. The van der Waals surface area contributed by atoms with Crippen LogP contribution in [0.15, 0.2) is 65.8 Å². The van der Waals surface area contributed by atoms with E-state index in [0.717, 1.165) is 11.1 Å². The van der Waals surface area contributed by atoms with E-state index in [2.05, 4.69) is 20.7 Å². The maximum absolute atomic E-state index is 13.9. The molecule has 5 N–H and O–H groups in total. The number of amides is 3. The predicted molar refractivity (Wildman–Crippen MR) is 157 cm³/mol. The molecule has 0 aliphatic carbocycles.